The Kier molecular flexibility index (Phi) is 4.46. The van der Waals surface area contributed by atoms with Gasteiger partial charge in [0, 0.05) is 10.4 Å². The molecular formula is C22H28N2O2S. The van der Waals surface area contributed by atoms with E-state index in [1.807, 2.05) is 19.1 Å². The molecule has 0 radical (unpaired) electrons. The van der Waals surface area contributed by atoms with E-state index >= 15 is 0 Å². The molecule has 2 aromatic rings. The van der Waals surface area contributed by atoms with Crippen molar-refractivity contribution in [1.82, 2.24) is 5.32 Å². The quantitative estimate of drug-likeness (QED) is 0.685. The number of nitrogens with one attached hydrogen (secondary N) is 2. The number of carbonyl (C=O) groups excluding carboxylic acids is 1. The second-order valence-corrected chi connectivity index (χ2v) is 9.71. The predicted molar refractivity (Wildman–Crippen MR) is 111 cm³/mol. The molecule has 1 aromatic heterocycles. The molecule has 4 nitrogen and oxygen atoms in total. The number of rotatable bonds is 3. The lowest BCUT2D eigenvalue weighted by Gasteiger charge is -2.36. The summed E-state index contributed by atoms with van der Waals surface area (Å²) in [5, 5.41) is 17.7. The summed E-state index contributed by atoms with van der Waals surface area (Å²) in [6, 6.07) is 5.56. The van der Waals surface area contributed by atoms with Crippen LogP contribution in [0.25, 0.3) is 0 Å². The van der Waals surface area contributed by atoms with Crippen LogP contribution in [0.15, 0.2) is 18.2 Å². The Balaban J connectivity index is 1.65. The van der Waals surface area contributed by atoms with Crippen molar-refractivity contribution in [2.75, 3.05) is 5.32 Å². The van der Waals surface area contributed by atoms with Crippen molar-refractivity contribution in [3.05, 3.63) is 45.3 Å². The van der Waals surface area contributed by atoms with Crippen molar-refractivity contribution < 1.29 is 9.90 Å². The highest BCUT2D eigenvalue weighted by atomic mass is 32.1. The van der Waals surface area contributed by atoms with Crippen LogP contribution in [0.5, 0.6) is 5.75 Å². The lowest BCUT2D eigenvalue weighted by molar-refractivity contribution is 0.0934. The predicted octanol–water partition coefficient (Wildman–Crippen LogP) is 5.16. The number of carbonyl (C=O) groups is 1. The van der Waals surface area contributed by atoms with Crippen LogP contribution in [0.3, 0.4) is 0 Å². The summed E-state index contributed by atoms with van der Waals surface area (Å²) in [5.74, 6) is 0.844. The van der Waals surface area contributed by atoms with E-state index in [0.717, 1.165) is 35.4 Å². The molecule has 27 heavy (non-hydrogen) atoms. The SMILES string of the molecule is CCC(C)(C)[C@@H]1CCc2c(sc3c2C(=O)N[C@@H](c2ccc(C)cc2O)N3)C1. The van der Waals surface area contributed by atoms with E-state index in [1.165, 1.54) is 16.9 Å². The van der Waals surface area contributed by atoms with Gasteiger partial charge in [-0.1, -0.05) is 39.3 Å². The summed E-state index contributed by atoms with van der Waals surface area (Å²) in [5.41, 5.74) is 4.08. The molecule has 0 fully saturated rings. The van der Waals surface area contributed by atoms with Crippen LogP contribution >= 0.6 is 11.3 Å². The van der Waals surface area contributed by atoms with Crippen LogP contribution in [0, 0.1) is 18.3 Å². The van der Waals surface area contributed by atoms with E-state index in [0.29, 0.717) is 16.9 Å². The summed E-state index contributed by atoms with van der Waals surface area (Å²) >= 11 is 1.73. The van der Waals surface area contributed by atoms with Crippen LogP contribution in [0.1, 0.15) is 71.7 Å². The molecule has 2 aliphatic rings. The minimum Gasteiger partial charge on any atom is -0.508 e. The van der Waals surface area contributed by atoms with Gasteiger partial charge in [-0.05, 0) is 54.7 Å². The summed E-state index contributed by atoms with van der Waals surface area (Å²) in [6.07, 6.45) is 3.96. The van der Waals surface area contributed by atoms with Gasteiger partial charge in [-0.3, -0.25) is 4.79 Å². The van der Waals surface area contributed by atoms with E-state index in [-0.39, 0.29) is 11.7 Å². The third-order valence-electron chi connectivity index (χ3n) is 6.56. The smallest absolute Gasteiger partial charge is 0.256 e. The van der Waals surface area contributed by atoms with Crippen LogP contribution in [0.4, 0.5) is 5.00 Å². The van der Waals surface area contributed by atoms with Gasteiger partial charge in [0.05, 0.1) is 5.56 Å². The Labute approximate surface area is 165 Å². The maximum absolute atomic E-state index is 12.9. The average molecular weight is 385 g/mol. The maximum Gasteiger partial charge on any atom is 0.256 e. The Bertz CT molecular complexity index is 900. The topological polar surface area (TPSA) is 61.4 Å². The van der Waals surface area contributed by atoms with Crippen LogP contribution in [-0.2, 0) is 12.8 Å². The number of aryl methyl sites for hydroxylation is 1. The molecule has 0 saturated carbocycles. The fraction of sp³-hybridized carbons (Fsp3) is 0.500. The highest BCUT2D eigenvalue weighted by Crippen LogP contribution is 2.47. The Morgan fingerprint density at radius 2 is 2.07 bits per heavy atom. The highest BCUT2D eigenvalue weighted by Gasteiger charge is 2.37. The summed E-state index contributed by atoms with van der Waals surface area (Å²) in [7, 11) is 0. The molecule has 1 aliphatic heterocycles. The van der Waals surface area contributed by atoms with Gasteiger partial charge in [0.25, 0.3) is 5.91 Å². The molecule has 0 spiro atoms. The normalized spacial score (nSPS) is 21.9. The summed E-state index contributed by atoms with van der Waals surface area (Å²) in [6.45, 7) is 8.92. The zero-order valence-electron chi connectivity index (χ0n) is 16.5. The van der Waals surface area contributed by atoms with Gasteiger partial charge in [0.15, 0.2) is 0 Å². The first-order valence-corrected chi connectivity index (χ1v) is 10.6. The Hall–Kier alpha value is -2.01. The third-order valence-corrected chi connectivity index (χ3v) is 7.74. The first-order chi connectivity index (χ1) is 12.8. The van der Waals surface area contributed by atoms with E-state index in [9.17, 15) is 9.90 Å². The van der Waals surface area contributed by atoms with Gasteiger partial charge < -0.3 is 15.7 Å². The van der Waals surface area contributed by atoms with Gasteiger partial charge in [0.2, 0.25) is 0 Å². The first kappa shape index (κ1) is 18.4. The number of phenolic OH excluding ortho intramolecular Hbond substituents is 1. The molecule has 5 heteroatoms. The summed E-state index contributed by atoms with van der Waals surface area (Å²) < 4.78 is 0. The number of hydrogen-bond donors (Lipinski definition) is 3. The number of amides is 1. The van der Waals surface area contributed by atoms with Crippen LogP contribution < -0.4 is 10.6 Å². The summed E-state index contributed by atoms with van der Waals surface area (Å²) in [4.78, 5) is 14.2. The lowest BCUT2D eigenvalue weighted by atomic mass is 9.69. The zero-order valence-corrected chi connectivity index (χ0v) is 17.3. The van der Waals surface area contributed by atoms with E-state index in [1.54, 1.807) is 17.4 Å². The zero-order chi connectivity index (χ0) is 19.3. The molecule has 0 unspecified atom stereocenters. The number of benzene rings is 1. The molecular weight excluding hydrogens is 356 g/mol. The van der Waals surface area contributed by atoms with Crippen molar-refractivity contribution in [1.29, 1.82) is 0 Å². The van der Waals surface area contributed by atoms with Gasteiger partial charge in [0.1, 0.15) is 16.9 Å². The minimum absolute atomic E-state index is 0.0283. The number of thiophene rings is 1. The Morgan fingerprint density at radius 3 is 2.78 bits per heavy atom. The fourth-order valence-corrected chi connectivity index (χ4v) is 5.66. The van der Waals surface area contributed by atoms with Crippen molar-refractivity contribution in [2.24, 2.45) is 11.3 Å². The number of anilines is 1. The number of fused-ring (bicyclic) bond motifs is 3. The monoisotopic (exact) mass is 384 g/mol. The van der Waals surface area contributed by atoms with Gasteiger partial charge >= 0.3 is 0 Å². The van der Waals surface area contributed by atoms with Crippen molar-refractivity contribution in [2.45, 2.75) is 59.5 Å². The largest absolute Gasteiger partial charge is 0.508 e. The first-order valence-electron chi connectivity index (χ1n) is 9.81. The highest BCUT2D eigenvalue weighted by molar-refractivity contribution is 7.16. The van der Waals surface area contributed by atoms with Crippen molar-refractivity contribution in [3.63, 3.8) is 0 Å². The van der Waals surface area contributed by atoms with Crippen molar-refractivity contribution >= 4 is 22.2 Å². The molecule has 1 amide bonds. The molecule has 1 aromatic carbocycles. The fourth-order valence-electron chi connectivity index (χ4n) is 4.31. The average Bonchev–Trinajstić information content (AvgIpc) is 2.99. The van der Waals surface area contributed by atoms with Crippen molar-refractivity contribution in [3.8, 4) is 5.75 Å². The minimum atomic E-state index is -0.395. The van der Waals surface area contributed by atoms with Gasteiger partial charge in [-0.15, -0.1) is 11.3 Å². The molecule has 2 atom stereocenters. The van der Waals surface area contributed by atoms with E-state index in [2.05, 4.69) is 31.4 Å². The second-order valence-electron chi connectivity index (χ2n) is 8.60. The Morgan fingerprint density at radius 1 is 1.30 bits per heavy atom. The number of hydrogen-bond acceptors (Lipinski definition) is 4. The van der Waals surface area contributed by atoms with Gasteiger partial charge in [-0.25, -0.2) is 0 Å². The van der Waals surface area contributed by atoms with Crippen LogP contribution in [0.2, 0.25) is 0 Å². The third kappa shape index (κ3) is 3.12. The molecule has 144 valence electrons. The number of phenols is 1. The van der Waals surface area contributed by atoms with Crippen LogP contribution in [-0.4, -0.2) is 11.0 Å². The molecule has 0 saturated heterocycles. The van der Waals surface area contributed by atoms with E-state index < -0.39 is 6.17 Å². The molecule has 0 bridgehead atoms. The molecule has 1 aliphatic carbocycles. The molecule has 3 N–H and O–H groups in total. The maximum atomic E-state index is 12.9. The van der Waals surface area contributed by atoms with E-state index in [4.69, 9.17) is 0 Å². The second kappa shape index (κ2) is 6.55. The molecule has 4 rings (SSSR count). The molecule has 2 heterocycles. The lowest BCUT2D eigenvalue weighted by Crippen LogP contribution is -2.38. The standard InChI is InChI=1S/C22H28N2O2S/c1-5-22(3,4)13-7-9-15-17(11-13)27-21-18(15)20(26)23-19(24-21)14-8-6-12(2)10-16(14)25/h6,8,10,13,19,24-25H,5,7,9,11H2,1-4H3,(H,23,26)/t13-,19-/m1/s1. The van der Waals surface area contributed by atoms with Gasteiger partial charge in [-0.2, -0.15) is 0 Å². The number of aromatic hydroxyl groups is 1.